The van der Waals surface area contributed by atoms with Crippen LogP contribution in [0.2, 0.25) is 0 Å². The van der Waals surface area contributed by atoms with E-state index in [1.54, 1.807) is 0 Å². The van der Waals surface area contributed by atoms with Gasteiger partial charge in [0.15, 0.2) is 0 Å². The minimum atomic E-state index is -0.508. The number of piperazine rings is 1. The van der Waals surface area contributed by atoms with Crippen LogP contribution in [0.3, 0.4) is 0 Å². The van der Waals surface area contributed by atoms with Gasteiger partial charge in [0.1, 0.15) is 0 Å². The molecular weight excluding hydrogens is 236 g/mol. The van der Waals surface area contributed by atoms with Crippen molar-refractivity contribution in [2.45, 2.75) is 52.6 Å². The molecule has 0 radical (unpaired) electrons. The van der Waals surface area contributed by atoms with Crippen molar-refractivity contribution in [3.63, 3.8) is 0 Å². The predicted molar refractivity (Wildman–Crippen MR) is 79.6 cm³/mol. The molecule has 1 amide bonds. The lowest BCUT2D eigenvalue weighted by molar-refractivity contribution is -0.126. The van der Waals surface area contributed by atoms with Crippen LogP contribution >= 0.6 is 0 Å². The lowest BCUT2D eigenvalue weighted by Crippen LogP contribution is -2.70. The first-order valence-corrected chi connectivity index (χ1v) is 6.83. The Balaban J connectivity index is 2.56. The first kappa shape index (κ1) is 14.1. The third-order valence-electron chi connectivity index (χ3n) is 4.12. The fraction of sp³-hybridized carbons (Fsp3) is 0.562. The van der Waals surface area contributed by atoms with Crippen LogP contribution in [0.25, 0.3) is 0 Å². The van der Waals surface area contributed by atoms with Gasteiger partial charge in [-0.15, -0.1) is 0 Å². The molecule has 3 nitrogen and oxygen atoms in total. The Morgan fingerprint density at radius 2 is 1.79 bits per heavy atom. The molecule has 1 aromatic rings. The second-order valence-corrected chi connectivity index (χ2v) is 6.65. The quantitative estimate of drug-likeness (QED) is 0.842. The summed E-state index contributed by atoms with van der Waals surface area (Å²) in [5.74, 6) is 0.137. The Morgan fingerprint density at radius 1 is 1.16 bits per heavy atom. The van der Waals surface area contributed by atoms with Gasteiger partial charge in [-0.2, -0.15) is 0 Å². The van der Waals surface area contributed by atoms with Crippen LogP contribution < -0.4 is 10.2 Å². The van der Waals surface area contributed by atoms with Gasteiger partial charge < -0.3 is 10.2 Å². The zero-order valence-electron chi connectivity index (χ0n) is 12.8. The lowest BCUT2D eigenvalue weighted by Gasteiger charge is -2.49. The fourth-order valence-corrected chi connectivity index (χ4v) is 2.56. The number of anilines is 1. The number of carbonyl (C=O) groups excluding carboxylic acids is 1. The Labute approximate surface area is 116 Å². The fourth-order valence-electron chi connectivity index (χ4n) is 2.56. The van der Waals surface area contributed by atoms with E-state index in [0.717, 1.165) is 12.2 Å². The summed E-state index contributed by atoms with van der Waals surface area (Å²) >= 11 is 0. The summed E-state index contributed by atoms with van der Waals surface area (Å²) in [5, 5.41) is 3.34. The van der Waals surface area contributed by atoms with Crippen LogP contribution in [0, 0.1) is 13.8 Å². The van der Waals surface area contributed by atoms with E-state index >= 15 is 0 Å². The zero-order chi connectivity index (χ0) is 14.4. The second-order valence-electron chi connectivity index (χ2n) is 6.65. The number of nitrogens with one attached hydrogen (secondary N) is 1. The van der Waals surface area contributed by atoms with Crippen LogP contribution in [0.4, 0.5) is 5.69 Å². The average Bonchev–Trinajstić information content (AvgIpc) is 2.31. The lowest BCUT2D eigenvalue weighted by atomic mass is 9.89. The highest BCUT2D eigenvalue weighted by atomic mass is 16.2. The van der Waals surface area contributed by atoms with Gasteiger partial charge in [0.05, 0.1) is 11.1 Å². The highest BCUT2D eigenvalue weighted by molar-refractivity contribution is 6.02. The molecule has 3 heteroatoms. The number of benzene rings is 1. The van der Waals surface area contributed by atoms with Crippen LogP contribution in [-0.2, 0) is 4.79 Å². The molecule has 19 heavy (non-hydrogen) atoms. The summed E-state index contributed by atoms with van der Waals surface area (Å²) < 4.78 is 0. The normalized spacial score (nSPS) is 21.6. The number of rotatable bonds is 1. The van der Waals surface area contributed by atoms with E-state index in [1.165, 1.54) is 11.1 Å². The Morgan fingerprint density at radius 3 is 2.42 bits per heavy atom. The molecule has 0 aromatic heterocycles. The summed E-state index contributed by atoms with van der Waals surface area (Å²) in [6.45, 7) is 13.1. The van der Waals surface area contributed by atoms with Crippen LogP contribution in [-0.4, -0.2) is 23.5 Å². The highest BCUT2D eigenvalue weighted by Crippen LogP contribution is 2.33. The number of carbonyl (C=O) groups is 1. The van der Waals surface area contributed by atoms with E-state index in [4.69, 9.17) is 0 Å². The van der Waals surface area contributed by atoms with E-state index in [0.29, 0.717) is 0 Å². The number of hydrogen-bond acceptors (Lipinski definition) is 2. The average molecular weight is 260 g/mol. The summed E-state index contributed by atoms with van der Waals surface area (Å²) in [6.07, 6.45) is 0. The van der Waals surface area contributed by atoms with Crippen molar-refractivity contribution in [1.82, 2.24) is 5.32 Å². The molecule has 1 saturated heterocycles. The van der Waals surface area contributed by atoms with Gasteiger partial charge in [-0.25, -0.2) is 0 Å². The number of hydrogen-bond donors (Lipinski definition) is 1. The third-order valence-corrected chi connectivity index (χ3v) is 4.12. The van der Waals surface area contributed by atoms with Gasteiger partial charge in [-0.1, -0.05) is 12.1 Å². The molecule has 1 aliphatic heterocycles. The minimum Gasteiger partial charge on any atom is -0.304 e. The van der Waals surface area contributed by atoms with Crippen molar-refractivity contribution in [3.8, 4) is 0 Å². The molecule has 0 atom stereocenters. The summed E-state index contributed by atoms with van der Waals surface area (Å²) in [4.78, 5) is 14.8. The van der Waals surface area contributed by atoms with Crippen molar-refractivity contribution in [2.24, 2.45) is 0 Å². The first-order valence-electron chi connectivity index (χ1n) is 6.83. The third kappa shape index (κ3) is 2.27. The molecule has 0 bridgehead atoms. The van der Waals surface area contributed by atoms with E-state index in [2.05, 4.69) is 39.1 Å². The van der Waals surface area contributed by atoms with Gasteiger partial charge in [0.25, 0.3) is 0 Å². The maximum absolute atomic E-state index is 12.8. The molecule has 0 unspecified atom stereocenters. The summed E-state index contributed by atoms with van der Waals surface area (Å²) in [7, 11) is 0. The number of amides is 1. The molecule has 0 spiro atoms. The van der Waals surface area contributed by atoms with Gasteiger partial charge in [0, 0.05) is 12.2 Å². The summed E-state index contributed by atoms with van der Waals surface area (Å²) in [5.41, 5.74) is 2.71. The van der Waals surface area contributed by atoms with Crippen LogP contribution in [0.1, 0.15) is 38.8 Å². The predicted octanol–water partition coefficient (Wildman–Crippen LogP) is 2.80. The molecule has 1 heterocycles. The SMILES string of the molecule is Cc1cccc(N2C(=O)C(C)(C)NCC2(C)C)c1C. The van der Waals surface area contributed by atoms with Crippen molar-refractivity contribution in [2.75, 3.05) is 11.4 Å². The molecule has 1 N–H and O–H groups in total. The van der Waals surface area contributed by atoms with E-state index in [-0.39, 0.29) is 11.4 Å². The second kappa shape index (κ2) is 4.34. The number of aryl methyl sites for hydroxylation is 1. The zero-order valence-corrected chi connectivity index (χ0v) is 12.8. The molecule has 1 aromatic carbocycles. The largest absolute Gasteiger partial charge is 0.304 e. The Hall–Kier alpha value is -1.35. The molecule has 104 valence electrons. The number of nitrogens with zero attached hydrogens (tertiary/aromatic N) is 1. The molecular formula is C16H24N2O. The van der Waals surface area contributed by atoms with Crippen molar-refractivity contribution in [1.29, 1.82) is 0 Å². The Kier molecular flexibility index (Phi) is 3.21. The van der Waals surface area contributed by atoms with Crippen molar-refractivity contribution >= 4 is 11.6 Å². The Bertz CT molecular complexity index is 517. The van der Waals surface area contributed by atoms with Gasteiger partial charge in [0.2, 0.25) is 5.91 Å². The molecule has 0 saturated carbocycles. The van der Waals surface area contributed by atoms with Gasteiger partial charge in [-0.3, -0.25) is 4.79 Å². The molecule has 0 aliphatic carbocycles. The van der Waals surface area contributed by atoms with Crippen LogP contribution in [0.5, 0.6) is 0 Å². The first-order chi connectivity index (χ1) is 8.67. The topological polar surface area (TPSA) is 32.3 Å². The molecule has 2 rings (SSSR count). The van der Waals surface area contributed by atoms with E-state index < -0.39 is 5.54 Å². The maximum Gasteiger partial charge on any atom is 0.247 e. The van der Waals surface area contributed by atoms with Gasteiger partial charge in [-0.05, 0) is 58.7 Å². The maximum atomic E-state index is 12.8. The van der Waals surface area contributed by atoms with E-state index in [1.807, 2.05) is 30.9 Å². The molecule has 1 aliphatic rings. The monoisotopic (exact) mass is 260 g/mol. The van der Waals surface area contributed by atoms with E-state index in [9.17, 15) is 4.79 Å². The summed E-state index contributed by atoms with van der Waals surface area (Å²) in [6, 6.07) is 6.16. The highest BCUT2D eigenvalue weighted by Gasteiger charge is 2.45. The standard InChI is InChI=1S/C16H24N2O/c1-11-8-7-9-13(12(11)2)18-14(19)16(5,6)17-10-15(18,3)4/h7-9,17H,10H2,1-6H3. The van der Waals surface area contributed by atoms with Crippen LogP contribution in [0.15, 0.2) is 18.2 Å². The van der Waals surface area contributed by atoms with Crippen molar-refractivity contribution < 1.29 is 4.79 Å². The smallest absolute Gasteiger partial charge is 0.247 e. The van der Waals surface area contributed by atoms with Gasteiger partial charge >= 0.3 is 0 Å². The van der Waals surface area contributed by atoms with Crippen molar-refractivity contribution in [3.05, 3.63) is 29.3 Å². The molecule has 1 fully saturated rings. The minimum absolute atomic E-state index is 0.137.